The summed E-state index contributed by atoms with van der Waals surface area (Å²) in [5.74, 6) is -0.281. The number of nitrogens with one attached hydrogen (secondary N) is 1. The fourth-order valence-corrected chi connectivity index (χ4v) is 2.28. The van der Waals surface area contributed by atoms with Crippen molar-refractivity contribution < 1.29 is 24.0 Å². The first-order valence-electron chi connectivity index (χ1n) is 7.40. The maximum absolute atomic E-state index is 12.3. The molecule has 26 heavy (non-hydrogen) atoms. The molecule has 0 spiro atoms. The Morgan fingerprint density at radius 3 is 2.58 bits per heavy atom. The lowest BCUT2D eigenvalue weighted by atomic mass is 10.2. The molecule has 0 saturated carbocycles. The molecule has 0 saturated heterocycles. The number of nitro groups is 1. The van der Waals surface area contributed by atoms with E-state index in [1.807, 2.05) is 0 Å². The molecule has 0 aliphatic heterocycles. The second-order valence-corrected chi connectivity index (χ2v) is 5.63. The minimum absolute atomic E-state index is 0.124. The van der Waals surface area contributed by atoms with Crippen molar-refractivity contribution in [1.29, 1.82) is 0 Å². The quantitative estimate of drug-likeness (QED) is 0.449. The third-order valence-electron chi connectivity index (χ3n) is 3.41. The summed E-state index contributed by atoms with van der Waals surface area (Å²) < 4.78 is 10.5. The minimum Gasteiger partial charge on any atom is -0.495 e. The van der Waals surface area contributed by atoms with Crippen LogP contribution >= 0.6 is 11.6 Å². The summed E-state index contributed by atoms with van der Waals surface area (Å²) in [6.45, 7) is 1.43. The number of anilines is 1. The Bertz CT molecular complexity index is 855. The Labute approximate surface area is 153 Å². The van der Waals surface area contributed by atoms with Crippen LogP contribution in [-0.2, 0) is 4.79 Å². The number of hydrogen-bond donors (Lipinski definition) is 1. The van der Waals surface area contributed by atoms with Crippen LogP contribution in [0.2, 0.25) is 5.02 Å². The number of hydrogen-bond acceptors (Lipinski definition) is 6. The Balaban J connectivity index is 2.19. The van der Waals surface area contributed by atoms with Crippen LogP contribution in [0.5, 0.6) is 11.5 Å². The zero-order valence-electron chi connectivity index (χ0n) is 13.9. The smallest absolute Gasteiger partial charge is 0.311 e. The SMILES string of the molecule is COc1ccc(Cl)cc1NC(=O)[C@H](C)Oc1ccc(C=O)cc1[N+](=O)[O-]. The van der Waals surface area contributed by atoms with Gasteiger partial charge in [-0.1, -0.05) is 11.6 Å². The van der Waals surface area contributed by atoms with Gasteiger partial charge in [0.1, 0.15) is 12.0 Å². The fourth-order valence-electron chi connectivity index (χ4n) is 2.11. The highest BCUT2D eigenvalue weighted by Gasteiger charge is 2.22. The number of halogens is 1. The number of methoxy groups -OCH3 is 1. The molecule has 9 heteroatoms. The van der Waals surface area contributed by atoms with Crippen molar-refractivity contribution in [1.82, 2.24) is 0 Å². The molecule has 8 nitrogen and oxygen atoms in total. The first kappa shape index (κ1) is 19.2. The average Bonchev–Trinajstić information content (AvgIpc) is 2.62. The number of nitrogens with zero attached hydrogens (tertiary/aromatic N) is 1. The van der Waals surface area contributed by atoms with E-state index in [0.29, 0.717) is 22.7 Å². The Morgan fingerprint density at radius 1 is 1.27 bits per heavy atom. The monoisotopic (exact) mass is 378 g/mol. The normalized spacial score (nSPS) is 11.3. The maximum Gasteiger partial charge on any atom is 0.311 e. The molecular formula is C17H15ClN2O6. The summed E-state index contributed by atoms with van der Waals surface area (Å²) in [5, 5.41) is 14.1. The van der Waals surface area contributed by atoms with Gasteiger partial charge in [-0.05, 0) is 37.3 Å². The topological polar surface area (TPSA) is 108 Å². The highest BCUT2D eigenvalue weighted by atomic mass is 35.5. The number of benzene rings is 2. The largest absolute Gasteiger partial charge is 0.495 e. The van der Waals surface area contributed by atoms with Crippen LogP contribution in [0.4, 0.5) is 11.4 Å². The maximum atomic E-state index is 12.3. The molecule has 0 unspecified atom stereocenters. The molecule has 0 aliphatic carbocycles. The first-order valence-corrected chi connectivity index (χ1v) is 7.78. The summed E-state index contributed by atoms with van der Waals surface area (Å²) in [6.07, 6.45) is -0.572. The van der Waals surface area contributed by atoms with E-state index in [-0.39, 0.29) is 11.3 Å². The predicted octanol–water partition coefficient (Wildman–Crippen LogP) is 3.48. The van der Waals surface area contributed by atoms with Gasteiger partial charge in [-0.3, -0.25) is 19.7 Å². The molecular weight excluding hydrogens is 364 g/mol. The standard InChI is InChI=1S/C17H15ClN2O6/c1-10(17(22)19-13-8-12(18)4-6-15(13)25-2)26-16-5-3-11(9-21)7-14(16)20(23)24/h3-10H,1-2H3,(H,19,22)/t10-/m0/s1. The van der Waals surface area contributed by atoms with Gasteiger partial charge >= 0.3 is 5.69 Å². The number of nitro benzene ring substituents is 1. The van der Waals surface area contributed by atoms with E-state index < -0.39 is 22.6 Å². The molecule has 1 amide bonds. The number of amides is 1. The third kappa shape index (κ3) is 4.48. The lowest BCUT2D eigenvalue weighted by Crippen LogP contribution is -2.30. The van der Waals surface area contributed by atoms with Crippen LogP contribution in [0.25, 0.3) is 0 Å². The van der Waals surface area contributed by atoms with Gasteiger partial charge in [0.25, 0.3) is 5.91 Å². The molecule has 2 aromatic carbocycles. The van der Waals surface area contributed by atoms with Gasteiger partial charge in [-0.15, -0.1) is 0 Å². The zero-order chi connectivity index (χ0) is 19.3. The van der Waals surface area contributed by atoms with E-state index in [1.54, 1.807) is 12.1 Å². The summed E-state index contributed by atoms with van der Waals surface area (Å²) in [7, 11) is 1.44. The van der Waals surface area contributed by atoms with Crippen LogP contribution in [-0.4, -0.2) is 30.3 Å². The lowest BCUT2D eigenvalue weighted by molar-refractivity contribution is -0.386. The van der Waals surface area contributed by atoms with Crippen molar-refractivity contribution in [3.05, 3.63) is 57.1 Å². The average molecular weight is 379 g/mol. The van der Waals surface area contributed by atoms with Gasteiger partial charge in [0, 0.05) is 16.7 Å². The van der Waals surface area contributed by atoms with E-state index in [0.717, 1.165) is 6.07 Å². The Kier molecular flexibility index (Phi) is 6.13. The molecule has 0 aromatic heterocycles. The second kappa shape index (κ2) is 8.30. The van der Waals surface area contributed by atoms with Gasteiger partial charge in [0.05, 0.1) is 17.7 Å². The predicted molar refractivity (Wildman–Crippen MR) is 95.2 cm³/mol. The number of carbonyl (C=O) groups is 2. The van der Waals surface area contributed by atoms with Crippen LogP contribution in [0.15, 0.2) is 36.4 Å². The summed E-state index contributed by atoms with van der Waals surface area (Å²) in [4.78, 5) is 33.5. The minimum atomic E-state index is -1.06. The number of carbonyl (C=O) groups excluding carboxylic acids is 2. The van der Waals surface area contributed by atoms with Gasteiger partial charge in [-0.25, -0.2) is 0 Å². The van der Waals surface area contributed by atoms with Crippen LogP contribution in [0.3, 0.4) is 0 Å². The molecule has 0 heterocycles. The first-order chi connectivity index (χ1) is 12.3. The summed E-state index contributed by atoms with van der Waals surface area (Å²) >= 11 is 5.91. The van der Waals surface area contributed by atoms with Crippen molar-refractivity contribution in [2.45, 2.75) is 13.0 Å². The zero-order valence-corrected chi connectivity index (χ0v) is 14.6. The van der Waals surface area contributed by atoms with Gasteiger partial charge in [-0.2, -0.15) is 0 Å². The molecule has 1 atom stereocenters. The van der Waals surface area contributed by atoms with Crippen molar-refractivity contribution in [2.24, 2.45) is 0 Å². The Hall–Kier alpha value is -3.13. The van der Waals surface area contributed by atoms with Gasteiger partial charge < -0.3 is 14.8 Å². The highest BCUT2D eigenvalue weighted by Crippen LogP contribution is 2.30. The molecule has 136 valence electrons. The molecule has 1 N–H and O–H groups in total. The van der Waals surface area contributed by atoms with Crippen molar-refractivity contribution >= 4 is 35.2 Å². The summed E-state index contributed by atoms with van der Waals surface area (Å²) in [6, 6.07) is 8.41. The molecule has 2 rings (SSSR count). The second-order valence-electron chi connectivity index (χ2n) is 5.20. The van der Waals surface area contributed by atoms with Crippen LogP contribution in [0.1, 0.15) is 17.3 Å². The van der Waals surface area contributed by atoms with Crippen molar-refractivity contribution in [3.63, 3.8) is 0 Å². The molecule has 0 radical (unpaired) electrons. The molecule has 0 aliphatic rings. The molecule has 0 fully saturated rings. The number of aldehydes is 1. The van der Waals surface area contributed by atoms with Gasteiger partial charge in [0.15, 0.2) is 11.9 Å². The third-order valence-corrected chi connectivity index (χ3v) is 3.64. The van der Waals surface area contributed by atoms with E-state index in [4.69, 9.17) is 21.1 Å². The van der Waals surface area contributed by atoms with Crippen LogP contribution < -0.4 is 14.8 Å². The number of ether oxygens (including phenoxy) is 2. The van der Waals surface area contributed by atoms with Crippen molar-refractivity contribution in [2.75, 3.05) is 12.4 Å². The van der Waals surface area contributed by atoms with Crippen LogP contribution in [0, 0.1) is 10.1 Å². The highest BCUT2D eigenvalue weighted by molar-refractivity contribution is 6.31. The van der Waals surface area contributed by atoms with E-state index in [2.05, 4.69) is 5.32 Å². The van der Waals surface area contributed by atoms with E-state index in [1.165, 1.54) is 32.2 Å². The van der Waals surface area contributed by atoms with E-state index in [9.17, 15) is 19.7 Å². The summed E-state index contributed by atoms with van der Waals surface area (Å²) in [5.41, 5.74) is 0.0608. The van der Waals surface area contributed by atoms with Crippen molar-refractivity contribution in [3.8, 4) is 11.5 Å². The fraction of sp³-hybridized carbons (Fsp3) is 0.176. The molecule has 2 aromatic rings. The lowest BCUT2D eigenvalue weighted by Gasteiger charge is -2.16. The number of rotatable bonds is 7. The van der Waals surface area contributed by atoms with Gasteiger partial charge in [0.2, 0.25) is 0 Å². The molecule has 0 bridgehead atoms. The van der Waals surface area contributed by atoms with E-state index >= 15 is 0 Å². The Morgan fingerprint density at radius 2 is 1.96 bits per heavy atom.